The molecular formula is C12H9Br2N3O. The van der Waals surface area contributed by atoms with Gasteiger partial charge in [0, 0.05) is 10.9 Å². The fraction of sp³-hybridized carbons (Fsp3) is 0.0833. The summed E-state index contributed by atoms with van der Waals surface area (Å²) in [7, 11) is 0. The van der Waals surface area contributed by atoms with E-state index in [1.165, 1.54) is 12.4 Å². The van der Waals surface area contributed by atoms with Crippen LogP contribution in [0.25, 0.3) is 0 Å². The molecule has 1 amide bonds. The Bertz CT molecular complexity index is 540. The number of nitrogens with zero attached hydrogens (tertiary/aromatic N) is 2. The number of carbonyl (C=O) groups excluding carboxylic acids is 1. The van der Waals surface area contributed by atoms with Gasteiger partial charge in [-0.05, 0) is 33.6 Å². The van der Waals surface area contributed by atoms with Crippen molar-refractivity contribution in [1.29, 1.82) is 0 Å². The van der Waals surface area contributed by atoms with Crippen molar-refractivity contribution in [3.05, 3.63) is 52.4 Å². The summed E-state index contributed by atoms with van der Waals surface area (Å²) in [5.74, 6) is 0.223. The van der Waals surface area contributed by atoms with Gasteiger partial charge >= 0.3 is 0 Å². The minimum Gasteiger partial charge on any atom is -0.305 e. The quantitative estimate of drug-likeness (QED) is 0.842. The molecule has 0 fully saturated rings. The van der Waals surface area contributed by atoms with Gasteiger partial charge < -0.3 is 5.32 Å². The van der Waals surface area contributed by atoms with E-state index in [-0.39, 0.29) is 5.91 Å². The predicted molar refractivity (Wildman–Crippen MR) is 76.8 cm³/mol. The molecule has 2 rings (SSSR count). The Morgan fingerprint density at radius 3 is 2.44 bits per heavy atom. The maximum absolute atomic E-state index is 11.9. The smallest absolute Gasteiger partial charge is 0.256 e. The average molecular weight is 371 g/mol. The van der Waals surface area contributed by atoms with Crippen LogP contribution in [0.1, 0.15) is 15.9 Å². The standard InChI is InChI=1S/C12H9Br2N3O/c13-5-8-1-3-9(4-2-8)12(18)17-11-7-15-10(14)6-16-11/h1-4,6-7H,5H2,(H,16,17,18). The van der Waals surface area contributed by atoms with E-state index in [1.807, 2.05) is 12.1 Å². The van der Waals surface area contributed by atoms with Crippen molar-refractivity contribution in [2.24, 2.45) is 0 Å². The Morgan fingerprint density at radius 1 is 1.17 bits per heavy atom. The summed E-state index contributed by atoms with van der Waals surface area (Å²) in [6.45, 7) is 0. The Labute approximate surface area is 121 Å². The second-order valence-corrected chi connectivity index (χ2v) is 4.88. The fourth-order valence-corrected chi connectivity index (χ4v) is 1.89. The minimum atomic E-state index is -0.201. The summed E-state index contributed by atoms with van der Waals surface area (Å²) < 4.78 is 0.627. The molecule has 0 bridgehead atoms. The van der Waals surface area contributed by atoms with Gasteiger partial charge in [-0.15, -0.1) is 0 Å². The first-order chi connectivity index (χ1) is 8.69. The second kappa shape index (κ2) is 6.06. The average Bonchev–Trinajstić information content (AvgIpc) is 2.41. The van der Waals surface area contributed by atoms with E-state index in [9.17, 15) is 4.79 Å². The molecule has 4 nitrogen and oxygen atoms in total. The van der Waals surface area contributed by atoms with Crippen LogP contribution < -0.4 is 5.32 Å². The highest BCUT2D eigenvalue weighted by atomic mass is 79.9. The van der Waals surface area contributed by atoms with Crippen LogP contribution in [0.2, 0.25) is 0 Å². The van der Waals surface area contributed by atoms with Gasteiger partial charge in [-0.25, -0.2) is 9.97 Å². The lowest BCUT2D eigenvalue weighted by molar-refractivity contribution is 0.102. The third kappa shape index (κ3) is 3.36. The van der Waals surface area contributed by atoms with Crippen molar-refractivity contribution < 1.29 is 4.79 Å². The molecule has 0 spiro atoms. The minimum absolute atomic E-state index is 0.201. The van der Waals surface area contributed by atoms with Crippen molar-refractivity contribution in [2.45, 2.75) is 5.33 Å². The number of anilines is 1. The molecule has 2 aromatic rings. The molecule has 1 heterocycles. The fourth-order valence-electron chi connectivity index (χ4n) is 1.31. The summed E-state index contributed by atoms with van der Waals surface area (Å²) in [6, 6.07) is 7.35. The van der Waals surface area contributed by atoms with Crippen molar-refractivity contribution in [3.8, 4) is 0 Å². The van der Waals surface area contributed by atoms with Crippen molar-refractivity contribution in [1.82, 2.24) is 9.97 Å². The number of halogens is 2. The van der Waals surface area contributed by atoms with Gasteiger partial charge in [0.15, 0.2) is 5.82 Å². The zero-order valence-electron chi connectivity index (χ0n) is 9.23. The number of benzene rings is 1. The lowest BCUT2D eigenvalue weighted by atomic mass is 10.1. The zero-order valence-corrected chi connectivity index (χ0v) is 12.4. The molecule has 18 heavy (non-hydrogen) atoms. The Hall–Kier alpha value is -1.27. The maximum atomic E-state index is 11.9. The summed E-state index contributed by atoms with van der Waals surface area (Å²) in [4.78, 5) is 19.9. The van der Waals surface area contributed by atoms with Gasteiger partial charge in [-0.2, -0.15) is 0 Å². The van der Waals surface area contributed by atoms with Crippen LogP contribution in [0.15, 0.2) is 41.3 Å². The van der Waals surface area contributed by atoms with Crippen LogP contribution in [0, 0.1) is 0 Å². The molecule has 0 aliphatic carbocycles. The van der Waals surface area contributed by atoms with E-state index in [2.05, 4.69) is 47.1 Å². The Kier molecular flexibility index (Phi) is 4.43. The van der Waals surface area contributed by atoms with Crippen molar-refractivity contribution in [2.75, 3.05) is 5.32 Å². The van der Waals surface area contributed by atoms with Crippen LogP contribution in [0.3, 0.4) is 0 Å². The number of carbonyl (C=O) groups is 1. The van der Waals surface area contributed by atoms with Gasteiger partial charge in [-0.3, -0.25) is 4.79 Å². The molecule has 0 saturated heterocycles. The molecule has 0 atom stereocenters. The monoisotopic (exact) mass is 369 g/mol. The maximum Gasteiger partial charge on any atom is 0.256 e. The molecule has 0 unspecified atom stereocenters. The number of rotatable bonds is 3. The summed E-state index contributed by atoms with van der Waals surface area (Å²) in [5.41, 5.74) is 1.71. The molecule has 0 aliphatic rings. The van der Waals surface area contributed by atoms with Crippen LogP contribution in [0.5, 0.6) is 0 Å². The molecule has 0 saturated carbocycles. The molecule has 1 aromatic heterocycles. The van der Waals surface area contributed by atoms with Gasteiger partial charge in [0.05, 0.1) is 12.4 Å². The topological polar surface area (TPSA) is 54.9 Å². The van der Waals surface area contributed by atoms with E-state index in [4.69, 9.17) is 0 Å². The highest BCUT2D eigenvalue weighted by molar-refractivity contribution is 9.10. The highest BCUT2D eigenvalue weighted by Gasteiger charge is 2.06. The van der Waals surface area contributed by atoms with E-state index in [1.54, 1.807) is 12.1 Å². The summed E-state index contributed by atoms with van der Waals surface area (Å²) in [6.07, 6.45) is 3.03. The van der Waals surface area contributed by atoms with Gasteiger partial charge in [-0.1, -0.05) is 28.1 Å². The van der Waals surface area contributed by atoms with Crippen LogP contribution in [-0.2, 0) is 5.33 Å². The normalized spacial score (nSPS) is 10.1. The summed E-state index contributed by atoms with van der Waals surface area (Å²) >= 11 is 6.54. The largest absolute Gasteiger partial charge is 0.305 e. The van der Waals surface area contributed by atoms with E-state index in [0.717, 1.165) is 10.9 Å². The number of nitrogens with one attached hydrogen (secondary N) is 1. The SMILES string of the molecule is O=C(Nc1cnc(Br)cn1)c1ccc(CBr)cc1. The number of amides is 1. The van der Waals surface area contributed by atoms with Crippen molar-refractivity contribution in [3.63, 3.8) is 0 Å². The molecule has 1 aromatic carbocycles. The van der Waals surface area contributed by atoms with Crippen LogP contribution >= 0.6 is 31.9 Å². The summed E-state index contributed by atoms with van der Waals surface area (Å²) in [5, 5.41) is 3.45. The van der Waals surface area contributed by atoms with Crippen molar-refractivity contribution >= 4 is 43.6 Å². The third-order valence-corrected chi connectivity index (χ3v) is 3.29. The van der Waals surface area contributed by atoms with Crippen LogP contribution in [0.4, 0.5) is 5.82 Å². The highest BCUT2D eigenvalue weighted by Crippen LogP contribution is 2.11. The van der Waals surface area contributed by atoms with E-state index in [0.29, 0.717) is 16.0 Å². The molecule has 6 heteroatoms. The molecule has 92 valence electrons. The van der Waals surface area contributed by atoms with Gasteiger partial charge in [0.1, 0.15) is 4.60 Å². The first-order valence-corrected chi connectivity index (χ1v) is 7.04. The van der Waals surface area contributed by atoms with E-state index >= 15 is 0 Å². The molecule has 1 N–H and O–H groups in total. The van der Waals surface area contributed by atoms with E-state index < -0.39 is 0 Å². The van der Waals surface area contributed by atoms with Gasteiger partial charge in [0.25, 0.3) is 5.91 Å². The van der Waals surface area contributed by atoms with Gasteiger partial charge in [0.2, 0.25) is 0 Å². The molecule has 0 aliphatic heterocycles. The number of alkyl halides is 1. The lowest BCUT2D eigenvalue weighted by Crippen LogP contribution is -2.13. The first-order valence-electron chi connectivity index (χ1n) is 5.13. The molecular weight excluding hydrogens is 362 g/mol. The Balaban J connectivity index is 2.09. The lowest BCUT2D eigenvalue weighted by Gasteiger charge is -2.04. The second-order valence-electron chi connectivity index (χ2n) is 3.51. The number of aromatic nitrogens is 2. The first kappa shape index (κ1) is 13.2. The molecule has 0 radical (unpaired) electrons. The Morgan fingerprint density at radius 2 is 1.89 bits per heavy atom. The zero-order chi connectivity index (χ0) is 13.0. The predicted octanol–water partition coefficient (Wildman–Crippen LogP) is 3.39. The van der Waals surface area contributed by atoms with Crippen LogP contribution in [-0.4, -0.2) is 15.9 Å². The third-order valence-electron chi connectivity index (χ3n) is 2.23. The number of hydrogen-bond acceptors (Lipinski definition) is 3. The number of hydrogen-bond donors (Lipinski definition) is 1.